The monoisotopic (exact) mass is 411 g/mol. The van der Waals surface area contributed by atoms with Crippen molar-refractivity contribution in [2.45, 2.75) is 13.5 Å². The number of phenolic OH excluding ortho intramolecular Hbond substituents is 1. The van der Waals surface area contributed by atoms with Crippen molar-refractivity contribution in [3.05, 3.63) is 52.8 Å². The molecule has 0 aliphatic carbocycles. The van der Waals surface area contributed by atoms with Crippen molar-refractivity contribution in [2.75, 3.05) is 40.5 Å². The van der Waals surface area contributed by atoms with E-state index in [1.807, 2.05) is 0 Å². The number of hydrogen-bond donors (Lipinski definition) is 1. The van der Waals surface area contributed by atoms with Crippen LogP contribution < -0.4 is 9.47 Å². The number of fused-ring (bicyclic) bond motifs is 1. The zero-order chi connectivity index (χ0) is 21.3. The van der Waals surface area contributed by atoms with E-state index >= 15 is 0 Å². The van der Waals surface area contributed by atoms with E-state index in [0.29, 0.717) is 64.7 Å². The summed E-state index contributed by atoms with van der Waals surface area (Å²) in [7, 11) is 3.07. The molecule has 1 fully saturated rings. The van der Waals surface area contributed by atoms with Gasteiger partial charge in [0.1, 0.15) is 28.6 Å². The summed E-state index contributed by atoms with van der Waals surface area (Å²) in [6.45, 7) is 5.08. The minimum absolute atomic E-state index is 0.140. The quantitative estimate of drug-likeness (QED) is 0.622. The lowest BCUT2D eigenvalue weighted by atomic mass is 9.96. The number of furan rings is 1. The second-order valence-electron chi connectivity index (χ2n) is 7.25. The van der Waals surface area contributed by atoms with Crippen LogP contribution in [0.3, 0.4) is 0 Å². The molecule has 1 aromatic heterocycles. The number of carbonyl (C=O) groups excluding carboxylic acids is 1. The van der Waals surface area contributed by atoms with Crippen LogP contribution in [-0.4, -0.2) is 56.3 Å². The SMILES string of the molecule is COc1ccc(OC)c(C(=O)c2c(C)oc3ccc(O)c(CN4CCOCC4)c23)c1. The first-order valence-corrected chi connectivity index (χ1v) is 9.84. The Morgan fingerprint density at radius 2 is 1.90 bits per heavy atom. The molecule has 0 spiro atoms. The van der Waals surface area contributed by atoms with E-state index < -0.39 is 0 Å². The largest absolute Gasteiger partial charge is 0.508 e. The molecule has 0 bridgehead atoms. The highest BCUT2D eigenvalue weighted by Gasteiger charge is 2.27. The summed E-state index contributed by atoms with van der Waals surface area (Å²) in [5, 5.41) is 11.3. The fourth-order valence-electron chi connectivity index (χ4n) is 3.91. The van der Waals surface area contributed by atoms with E-state index in [2.05, 4.69) is 4.90 Å². The molecule has 1 saturated heterocycles. The van der Waals surface area contributed by atoms with Crippen molar-refractivity contribution in [3.8, 4) is 17.2 Å². The Labute approximate surface area is 174 Å². The number of methoxy groups -OCH3 is 2. The third-order valence-corrected chi connectivity index (χ3v) is 5.48. The predicted molar refractivity (Wildman–Crippen MR) is 112 cm³/mol. The van der Waals surface area contributed by atoms with E-state index in [0.717, 1.165) is 13.1 Å². The van der Waals surface area contributed by atoms with Crippen LogP contribution in [0.2, 0.25) is 0 Å². The highest BCUT2D eigenvalue weighted by molar-refractivity contribution is 6.19. The van der Waals surface area contributed by atoms with Gasteiger partial charge in [-0.3, -0.25) is 9.69 Å². The second kappa shape index (κ2) is 8.38. The van der Waals surface area contributed by atoms with Crippen molar-refractivity contribution in [1.82, 2.24) is 4.90 Å². The lowest BCUT2D eigenvalue weighted by molar-refractivity contribution is 0.0340. The number of ketones is 1. The molecule has 1 aliphatic rings. The third-order valence-electron chi connectivity index (χ3n) is 5.48. The molecular weight excluding hydrogens is 386 g/mol. The van der Waals surface area contributed by atoms with E-state index in [4.69, 9.17) is 18.6 Å². The summed E-state index contributed by atoms with van der Waals surface area (Å²) in [5.41, 5.74) is 2.05. The number of morpholine rings is 1. The van der Waals surface area contributed by atoms with Crippen molar-refractivity contribution in [1.29, 1.82) is 0 Å². The molecule has 0 atom stereocenters. The number of aromatic hydroxyl groups is 1. The number of phenols is 1. The van der Waals surface area contributed by atoms with Gasteiger partial charge in [-0.25, -0.2) is 0 Å². The third kappa shape index (κ3) is 3.62. The molecule has 7 heteroatoms. The van der Waals surface area contributed by atoms with Gasteiger partial charge in [0, 0.05) is 30.6 Å². The summed E-state index contributed by atoms with van der Waals surface area (Å²) in [6.07, 6.45) is 0. The lowest BCUT2D eigenvalue weighted by Gasteiger charge is -2.27. The van der Waals surface area contributed by atoms with Crippen molar-refractivity contribution in [3.63, 3.8) is 0 Å². The maximum absolute atomic E-state index is 13.6. The van der Waals surface area contributed by atoms with Gasteiger partial charge in [-0.1, -0.05) is 0 Å². The van der Waals surface area contributed by atoms with Crippen molar-refractivity contribution < 1.29 is 28.5 Å². The Balaban J connectivity index is 1.86. The second-order valence-corrected chi connectivity index (χ2v) is 7.25. The lowest BCUT2D eigenvalue weighted by Crippen LogP contribution is -2.35. The zero-order valence-electron chi connectivity index (χ0n) is 17.4. The normalized spacial score (nSPS) is 14.8. The molecule has 158 valence electrons. The van der Waals surface area contributed by atoms with E-state index in [-0.39, 0.29) is 11.5 Å². The molecule has 3 aromatic rings. The van der Waals surface area contributed by atoms with Gasteiger partial charge < -0.3 is 23.7 Å². The van der Waals surface area contributed by atoms with Gasteiger partial charge in [0.15, 0.2) is 0 Å². The standard InChI is InChI=1S/C23H25NO6/c1-14-21(23(26)16-12-15(27-2)4-6-19(16)28-3)22-17(13-24-8-10-29-11-9-24)18(25)5-7-20(22)30-14/h4-7,12,25H,8-11,13H2,1-3H3. The van der Waals surface area contributed by atoms with Gasteiger partial charge in [0.05, 0.1) is 38.6 Å². The smallest absolute Gasteiger partial charge is 0.201 e. The highest BCUT2D eigenvalue weighted by Crippen LogP contribution is 2.37. The van der Waals surface area contributed by atoms with E-state index in [9.17, 15) is 9.90 Å². The maximum atomic E-state index is 13.6. The summed E-state index contributed by atoms with van der Waals surface area (Å²) >= 11 is 0. The first-order chi connectivity index (χ1) is 14.5. The average Bonchev–Trinajstić information content (AvgIpc) is 3.11. The molecule has 7 nitrogen and oxygen atoms in total. The number of hydrogen-bond acceptors (Lipinski definition) is 7. The number of aryl methyl sites for hydroxylation is 1. The number of rotatable bonds is 6. The number of nitrogens with zero attached hydrogens (tertiary/aromatic N) is 1. The van der Waals surface area contributed by atoms with Gasteiger partial charge in [0.25, 0.3) is 0 Å². The van der Waals surface area contributed by atoms with Gasteiger partial charge in [-0.2, -0.15) is 0 Å². The maximum Gasteiger partial charge on any atom is 0.201 e. The van der Waals surface area contributed by atoms with Crippen LogP contribution in [-0.2, 0) is 11.3 Å². The van der Waals surface area contributed by atoms with Crippen LogP contribution in [0, 0.1) is 6.92 Å². The average molecular weight is 411 g/mol. The number of carbonyl (C=O) groups is 1. The fourth-order valence-corrected chi connectivity index (χ4v) is 3.91. The number of ether oxygens (including phenoxy) is 3. The highest BCUT2D eigenvalue weighted by atomic mass is 16.5. The summed E-state index contributed by atoms with van der Waals surface area (Å²) in [4.78, 5) is 15.8. The minimum atomic E-state index is -0.240. The van der Waals surface area contributed by atoms with Gasteiger partial charge in [0.2, 0.25) is 5.78 Å². The Kier molecular flexibility index (Phi) is 5.65. The van der Waals surface area contributed by atoms with Crippen LogP contribution in [0.1, 0.15) is 27.2 Å². The van der Waals surface area contributed by atoms with Crippen molar-refractivity contribution in [2.24, 2.45) is 0 Å². The summed E-state index contributed by atoms with van der Waals surface area (Å²) < 4.78 is 22.0. The molecule has 0 amide bonds. The van der Waals surface area contributed by atoms with Gasteiger partial charge in [-0.15, -0.1) is 0 Å². The van der Waals surface area contributed by atoms with Crippen LogP contribution in [0.25, 0.3) is 11.0 Å². The first-order valence-electron chi connectivity index (χ1n) is 9.84. The van der Waals surface area contributed by atoms with E-state index in [1.54, 1.807) is 44.4 Å². The van der Waals surface area contributed by atoms with Crippen LogP contribution >= 0.6 is 0 Å². The Morgan fingerprint density at radius 3 is 2.60 bits per heavy atom. The molecule has 4 rings (SSSR count). The molecule has 2 heterocycles. The van der Waals surface area contributed by atoms with Gasteiger partial charge in [-0.05, 0) is 37.3 Å². The Morgan fingerprint density at radius 1 is 1.13 bits per heavy atom. The first kappa shape index (κ1) is 20.3. The fraction of sp³-hybridized carbons (Fsp3) is 0.348. The van der Waals surface area contributed by atoms with Crippen LogP contribution in [0.15, 0.2) is 34.7 Å². The molecule has 1 aliphatic heterocycles. The molecular formula is C23H25NO6. The summed E-state index contributed by atoms with van der Waals surface area (Å²) in [6, 6.07) is 8.41. The summed E-state index contributed by atoms with van der Waals surface area (Å²) in [5.74, 6) is 1.40. The van der Waals surface area contributed by atoms with Crippen LogP contribution in [0.4, 0.5) is 0 Å². The number of benzene rings is 2. The van der Waals surface area contributed by atoms with Crippen molar-refractivity contribution >= 4 is 16.8 Å². The molecule has 0 unspecified atom stereocenters. The van der Waals surface area contributed by atoms with Crippen LogP contribution in [0.5, 0.6) is 17.2 Å². The molecule has 30 heavy (non-hydrogen) atoms. The zero-order valence-corrected chi connectivity index (χ0v) is 17.4. The molecule has 0 radical (unpaired) electrons. The Hall–Kier alpha value is -3.03. The van der Waals surface area contributed by atoms with Gasteiger partial charge >= 0.3 is 0 Å². The molecule has 2 aromatic carbocycles. The Bertz CT molecular complexity index is 1080. The van der Waals surface area contributed by atoms with E-state index in [1.165, 1.54) is 7.11 Å². The molecule has 1 N–H and O–H groups in total. The topological polar surface area (TPSA) is 81.4 Å². The molecule has 0 saturated carbocycles. The predicted octanol–water partition coefficient (Wildman–Crippen LogP) is 3.53. The minimum Gasteiger partial charge on any atom is -0.508 e.